The van der Waals surface area contributed by atoms with Gasteiger partial charge in [-0.2, -0.15) is 0 Å². The van der Waals surface area contributed by atoms with Gasteiger partial charge in [0.2, 0.25) is 0 Å². The molecule has 5 heteroatoms. The normalized spacial score (nSPS) is 20.7. The van der Waals surface area contributed by atoms with E-state index in [1.165, 1.54) is 11.1 Å². The molecule has 2 aromatic rings. The van der Waals surface area contributed by atoms with Crippen molar-refractivity contribution in [1.82, 2.24) is 9.80 Å². The van der Waals surface area contributed by atoms with E-state index in [1.54, 1.807) is 0 Å². The molecule has 4 rings (SSSR count). The molecule has 0 N–H and O–H groups in total. The average Bonchev–Trinajstić information content (AvgIpc) is 2.69. The summed E-state index contributed by atoms with van der Waals surface area (Å²) in [5, 5.41) is 0.773. The van der Waals surface area contributed by atoms with Crippen molar-refractivity contribution in [2.45, 2.75) is 25.6 Å². The van der Waals surface area contributed by atoms with Crippen LogP contribution in [0.25, 0.3) is 0 Å². The molecule has 0 saturated carbocycles. The summed E-state index contributed by atoms with van der Waals surface area (Å²) in [6.07, 6.45) is 0.523. The third-order valence-electron chi connectivity index (χ3n) is 5.22. The Labute approximate surface area is 159 Å². The van der Waals surface area contributed by atoms with Gasteiger partial charge in [0.05, 0.1) is 6.61 Å². The molecule has 0 radical (unpaired) electrons. The number of ether oxygens (including phenoxy) is 1. The Balaban J connectivity index is 1.40. The SMILES string of the molecule is O=C(C1CN(Cc2ccccc2Cl)CCO1)N1CCc2ccccc2C1. The smallest absolute Gasteiger partial charge is 0.253 e. The first-order valence-electron chi connectivity index (χ1n) is 9.13. The van der Waals surface area contributed by atoms with E-state index in [2.05, 4.69) is 23.1 Å². The molecule has 2 aliphatic rings. The van der Waals surface area contributed by atoms with Crippen LogP contribution in [-0.2, 0) is 29.0 Å². The Morgan fingerprint density at radius 1 is 1.08 bits per heavy atom. The molecule has 2 heterocycles. The molecule has 0 bridgehead atoms. The second kappa shape index (κ2) is 7.78. The van der Waals surface area contributed by atoms with Crippen LogP contribution in [-0.4, -0.2) is 48.1 Å². The number of morpholine rings is 1. The summed E-state index contributed by atoms with van der Waals surface area (Å²) >= 11 is 6.28. The predicted octanol–water partition coefficient (Wildman–Crippen LogP) is 3.13. The summed E-state index contributed by atoms with van der Waals surface area (Å²) in [7, 11) is 0. The van der Waals surface area contributed by atoms with Crippen molar-refractivity contribution >= 4 is 17.5 Å². The molecule has 1 atom stereocenters. The van der Waals surface area contributed by atoms with E-state index < -0.39 is 6.10 Å². The van der Waals surface area contributed by atoms with E-state index >= 15 is 0 Å². The highest BCUT2D eigenvalue weighted by molar-refractivity contribution is 6.31. The Morgan fingerprint density at radius 3 is 2.69 bits per heavy atom. The van der Waals surface area contributed by atoms with E-state index in [9.17, 15) is 4.79 Å². The number of amides is 1. The van der Waals surface area contributed by atoms with Gasteiger partial charge in [-0.25, -0.2) is 0 Å². The molecule has 1 fully saturated rings. The molecule has 4 nitrogen and oxygen atoms in total. The number of rotatable bonds is 3. The van der Waals surface area contributed by atoms with Crippen molar-refractivity contribution in [3.8, 4) is 0 Å². The van der Waals surface area contributed by atoms with E-state index in [0.717, 1.165) is 36.6 Å². The maximum atomic E-state index is 13.0. The zero-order valence-corrected chi connectivity index (χ0v) is 15.5. The summed E-state index contributed by atoms with van der Waals surface area (Å²) < 4.78 is 5.81. The zero-order chi connectivity index (χ0) is 17.9. The molecule has 0 aliphatic carbocycles. The molecule has 1 saturated heterocycles. The first-order valence-corrected chi connectivity index (χ1v) is 9.51. The number of carbonyl (C=O) groups is 1. The van der Waals surface area contributed by atoms with Crippen LogP contribution in [0.1, 0.15) is 16.7 Å². The molecule has 1 unspecified atom stereocenters. The third-order valence-corrected chi connectivity index (χ3v) is 5.59. The summed E-state index contributed by atoms with van der Waals surface area (Å²) in [4.78, 5) is 17.2. The van der Waals surface area contributed by atoms with Crippen molar-refractivity contribution in [2.24, 2.45) is 0 Å². The second-order valence-corrected chi connectivity index (χ2v) is 7.37. The fourth-order valence-corrected chi connectivity index (χ4v) is 3.95. The van der Waals surface area contributed by atoms with Crippen LogP contribution in [0.15, 0.2) is 48.5 Å². The van der Waals surface area contributed by atoms with Gasteiger partial charge in [0.15, 0.2) is 0 Å². The molecule has 2 aliphatic heterocycles. The van der Waals surface area contributed by atoms with Crippen molar-refractivity contribution in [2.75, 3.05) is 26.2 Å². The highest BCUT2D eigenvalue weighted by atomic mass is 35.5. The van der Waals surface area contributed by atoms with E-state index in [0.29, 0.717) is 19.7 Å². The maximum absolute atomic E-state index is 13.0. The molecule has 0 aromatic heterocycles. The monoisotopic (exact) mass is 370 g/mol. The van der Waals surface area contributed by atoms with Gasteiger partial charge in [-0.05, 0) is 29.2 Å². The highest BCUT2D eigenvalue weighted by Gasteiger charge is 2.31. The second-order valence-electron chi connectivity index (χ2n) is 6.96. The van der Waals surface area contributed by atoms with Gasteiger partial charge in [0.25, 0.3) is 5.91 Å². The average molecular weight is 371 g/mol. The minimum absolute atomic E-state index is 0.100. The van der Waals surface area contributed by atoms with Gasteiger partial charge in [-0.3, -0.25) is 9.69 Å². The van der Waals surface area contributed by atoms with Crippen LogP contribution in [0.2, 0.25) is 5.02 Å². The lowest BCUT2D eigenvalue weighted by Gasteiger charge is -2.36. The van der Waals surface area contributed by atoms with Crippen LogP contribution in [0, 0.1) is 0 Å². The van der Waals surface area contributed by atoms with Gasteiger partial charge in [0.1, 0.15) is 6.10 Å². The summed E-state index contributed by atoms with van der Waals surface area (Å²) in [5.41, 5.74) is 3.69. The topological polar surface area (TPSA) is 32.8 Å². The Bertz CT molecular complexity index is 795. The molecule has 136 valence electrons. The van der Waals surface area contributed by atoms with Crippen molar-refractivity contribution in [3.05, 3.63) is 70.2 Å². The lowest BCUT2D eigenvalue weighted by Crippen LogP contribution is -2.51. The predicted molar refractivity (Wildman–Crippen MR) is 102 cm³/mol. The number of hydrogen-bond acceptors (Lipinski definition) is 3. The minimum atomic E-state index is -0.392. The number of benzene rings is 2. The molecule has 26 heavy (non-hydrogen) atoms. The van der Waals surface area contributed by atoms with Crippen LogP contribution in [0.5, 0.6) is 0 Å². The van der Waals surface area contributed by atoms with Gasteiger partial charge in [0, 0.05) is 37.7 Å². The lowest BCUT2D eigenvalue weighted by molar-refractivity contribution is -0.150. The summed E-state index contributed by atoms with van der Waals surface area (Å²) in [6.45, 7) is 4.20. The van der Waals surface area contributed by atoms with Crippen LogP contribution in [0.4, 0.5) is 0 Å². The Morgan fingerprint density at radius 2 is 1.85 bits per heavy atom. The number of hydrogen-bond donors (Lipinski definition) is 0. The van der Waals surface area contributed by atoms with Crippen LogP contribution in [0.3, 0.4) is 0 Å². The van der Waals surface area contributed by atoms with Gasteiger partial charge < -0.3 is 9.64 Å². The van der Waals surface area contributed by atoms with Crippen molar-refractivity contribution in [3.63, 3.8) is 0 Å². The lowest BCUT2D eigenvalue weighted by atomic mass is 9.99. The van der Waals surface area contributed by atoms with Crippen LogP contribution < -0.4 is 0 Å². The van der Waals surface area contributed by atoms with Gasteiger partial charge in [-0.1, -0.05) is 54.1 Å². The maximum Gasteiger partial charge on any atom is 0.253 e. The van der Waals surface area contributed by atoms with Crippen molar-refractivity contribution in [1.29, 1.82) is 0 Å². The van der Waals surface area contributed by atoms with E-state index in [-0.39, 0.29) is 5.91 Å². The number of halogens is 1. The van der Waals surface area contributed by atoms with E-state index in [1.807, 2.05) is 35.2 Å². The fraction of sp³-hybridized carbons (Fsp3) is 0.381. The first kappa shape index (κ1) is 17.5. The number of nitrogens with zero attached hydrogens (tertiary/aromatic N) is 2. The molecular weight excluding hydrogens is 348 g/mol. The van der Waals surface area contributed by atoms with Gasteiger partial charge in [-0.15, -0.1) is 0 Å². The summed E-state index contributed by atoms with van der Waals surface area (Å²) in [6, 6.07) is 16.2. The highest BCUT2D eigenvalue weighted by Crippen LogP contribution is 2.22. The molecule has 1 amide bonds. The number of carbonyl (C=O) groups excluding carboxylic acids is 1. The molecule has 0 spiro atoms. The zero-order valence-electron chi connectivity index (χ0n) is 14.7. The minimum Gasteiger partial charge on any atom is -0.366 e. The fourth-order valence-electron chi connectivity index (χ4n) is 3.75. The molecule has 2 aromatic carbocycles. The molecular formula is C21H23ClN2O2. The standard InChI is InChI=1S/C21H23ClN2O2/c22-19-8-4-3-7-18(19)13-23-11-12-26-20(15-23)21(25)24-10-9-16-5-1-2-6-17(16)14-24/h1-8,20H,9-15H2. The largest absolute Gasteiger partial charge is 0.366 e. The van der Waals surface area contributed by atoms with Crippen LogP contribution >= 0.6 is 11.6 Å². The Kier molecular flexibility index (Phi) is 5.25. The van der Waals surface area contributed by atoms with E-state index in [4.69, 9.17) is 16.3 Å². The third kappa shape index (κ3) is 3.78. The van der Waals surface area contributed by atoms with Crippen molar-refractivity contribution < 1.29 is 9.53 Å². The first-order chi connectivity index (χ1) is 12.7. The Hall–Kier alpha value is -1.88. The summed E-state index contributed by atoms with van der Waals surface area (Å²) in [5.74, 6) is 0.100. The quantitative estimate of drug-likeness (QED) is 0.832. The van der Waals surface area contributed by atoms with Gasteiger partial charge >= 0.3 is 0 Å². The number of fused-ring (bicyclic) bond motifs is 1.